The minimum atomic E-state index is -0.479. The molecule has 1 aliphatic heterocycles. The highest BCUT2D eigenvalue weighted by molar-refractivity contribution is 9.08. The van der Waals surface area contributed by atoms with Crippen LogP contribution in [0, 0.1) is 11.6 Å². The van der Waals surface area contributed by atoms with Crippen LogP contribution in [0.1, 0.15) is 16.0 Å². The maximum Gasteiger partial charge on any atom is 0.149 e. The Morgan fingerprint density at radius 2 is 2.00 bits per heavy atom. The third kappa shape index (κ3) is 2.41. The van der Waals surface area contributed by atoms with Crippen molar-refractivity contribution in [3.63, 3.8) is 0 Å². The summed E-state index contributed by atoms with van der Waals surface area (Å²) in [5.74, 6) is -0.957. The quantitative estimate of drug-likeness (QED) is 0.726. The summed E-state index contributed by atoms with van der Waals surface area (Å²) in [5.41, 5.74) is 1.90. The summed E-state index contributed by atoms with van der Waals surface area (Å²) in [6.45, 7) is 1.25. The highest BCUT2D eigenvalue weighted by Crippen LogP contribution is 2.32. The average molecular weight is 344 g/mol. The van der Waals surface area contributed by atoms with E-state index < -0.39 is 11.6 Å². The van der Waals surface area contributed by atoms with Crippen LogP contribution in [0.4, 0.5) is 14.5 Å². The molecule has 0 spiro atoms. The molecule has 19 heavy (non-hydrogen) atoms. The van der Waals surface area contributed by atoms with Crippen LogP contribution in [0.25, 0.3) is 0 Å². The van der Waals surface area contributed by atoms with Crippen LogP contribution in [0.2, 0.25) is 0 Å². The van der Waals surface area contributed by atoms with E-state index in [0.29, 0.717) is 24.0 Å². The Balaban J connectivity index is 1.96. The lowest BCUT2D eigenvalue weighted by molar-refractivity contribution is 0.563. The molecule has 0 fully saturated rings. The maximum absolute atomic E-state index is 14.1. The van der Waals surface area contributed by atoms with E-state index in [4.69, 9.17) is 0 Å². The standard InChI is InChI=1S/C14H12BrF2NS/c15-7-9-5-11(16)14(12(17)6-9)18-3-1-13-10(8-18)2-4-19-13/h2,4-6H,1,3,7-8H2. The number of alkyl halides is 1. The van der Waals surface area contributed by atoms with E-state index in [0.717, 1.165) is 6.42 Å². The van der Waals surface area contributed by atoms with Crippen LogP contribution in [0.5, 0.6) is 0 Å². The summed E-state index contributed by atoms with van der Waals surface area (Å²) in [4.78, 5) is 3.12. The van der Waals surface area contributed by atoms with Gasteiger partial charge in [0.1, 0.15) is 17.3 Å². The minimum absolute atomic E-state index is 0.0987. The smallest absolute Gasteiger partial charge is 0.149 e. The predicted octanol–water partition coefficient (Wildman–Crippen LogP) is 4.48. The molecule has 2 heterocycles. The zero-order valence-electron chi connectivity index (χ0n) is 10.1. The van der Waals surface area contributed by atoms with Gasteiger partial charge in [0.2, 0.25) is 0 Å². The zero-order valence-corrected chi connectivity index (χ0v) is 12.5. The first-order valence-corrected chi connectivity index (χ1v) is 8.03. The molecule has 3 rings (SSSR count). The molecule has 0 atom stereocenters. The number of halogens is 3. The van der Waals surface area contributed by atoms with Crippen LogP contribution >= 0.6 is 27.3 Å². The largest absolute Gasteiger partial charge is 0.362 e. The Morgan fingerprint density at radius 1 is 1.26 bits per heavy atom. The van der Waals surface area contributed by atoms with Gasteiger partial charge in [0, 0.05) is 23.3 Å². The fourth-order valence-corrected chi connectivity index (χ4v) is 3.65. The highest BCUT2D eigenvalue weighted by atomic mass is 79.9. The van der Waals surface area contributed by atoms with Gasteiger partial charge in [0.05, 0.1) is 0 Å². The third-order valence-corrected chi connectivity index (χ3v) is 5.03. The molecule has 1 nitrogen and oxygen atoms in total. The summed E-state index contributed by atoms with van der Waals surface area (Å²) in [7, 11) is 0. The Hall–Kier alpha value is -0.940. The molecule has 0 N–H and O–H groups in total. The monoisotopic (exact) mass is 343 g/mol. The number of hydrogen-bond acceptors (Lipinski definition) is 2. The van der Waals surface area contributed by atoms with Crippen LogP contribution < -0.4 is 4.90 Å². The first kappa shape index (κ1) is 13.1. The average Bonchev–Trinajstić information content (AvgIpc) is 2.85. The summed E-state index contributed by atoms with van der Waals surface area (Å²) >= 11 is 4.93. The van der Waals surface area contributed by atoms with Gasteiger partial charge in [-0.1, -0.05) is 15.9 Å². The molecule has 5 heteroatoms. The van der Waals surface area contributed by atoms with Gasteiger partial charge in [-0.3, -0.25) is 0 Å². The molecule has 0 saturated carbocycles. The topological polar surface area (TPSA) is 3.24 Å². The SMILES string of the molecule is Fc1cc(CBr)cc(F)c1N1CCc2sccc2C1. The van der Waals surface area contributed by atoms with Crippen molar-refractivity contribution >= 4 is 33.0 Å². The second-order valence-corrected chi connectivity index (χ2v) is 6.14. The fraction of sp³-hybridized carbons (Fsp3) is 0.286. The van der Waals surface area contributed by atoms with Crippen molar-refractivity contribution in [2.24, 2.45) is 0 Å². The van der Waals surface area contributed by atoms with Gasteiger partial charge < -0.3 is 4.90 Å². The normalized spacial score (nSPS) is 14.6. The number of rotatable bonds is 2. The van der Waals surface area contributed by atoms with E-state index in [9.17, 15) is 8.78 Å². The molecule has 0 amide bonds. The van der Waals surface area contributed by atoms with Crippen molar-refractivity contribution < 1.29 is 8.78 Å². The Bertz CT molecular complexity index is 588. The van der Waals surface area contributed by atoms with Crippen LogP contribution in [-0.4, -0.2) is 6.54 Å². The zero-order chi connectivity index (χ0) is 13.4. The summed E-state index contributed by atoms with van der Waals surface area (Å²) in [6, 6.07) is 4.83. The van der Waals surface area contributed by atoms with E-state index in [-0.39, 0.29) is 5.69 Å². The van der Waals surface area contributed by atoms with E-state index in [1.165, 1.54) is 22.6 Å². The number of hydrogen-bond donors (Lipinski definition) is 0. The number of anilines is 1. The van der Waals surface area contributed by atoms with Crippen molar-refractivity contribution in [3.05, 3.63) is 51.2 Å². The van der Waals surface area contributed by atoms with E-state index in [1.807, 2.05) is 11.4 Å². The van der Waals surface area contributed by atoms with Crippen molar-refractivity contribution in [2.75, 3.05) is 11.4 Å². The molecular formula is C14H12BrF2NS. The fourth-order valence-electron chi connectivity index (χ4n) is 2.44. The Morgan fingerprint density at radius 3 is 2.68 bits per heavy atom. The predicted molar refractivity (Wildman–Crippen MR) is 78.1 cm³/mol. The molecule has 1 aromatic carbocycles. The maximum atomic E-state index is 14.1. The second kappa shape index (κ2) is 5.21. The van der Waals surface area contributed by atoms with Crippen molar-refractivity contribution in [1.29, 1.82) is 0 Å². The van der Waals surface area contributed by atoms with Crippen molar-refractivity contribution in [1.82, 2.24) is 0 Å². The molecule has 0 aliphatic carbocycles. The lowest BCUT2D eigenvalue weighted by Gasteiger charge is -2.29. The molecule has 0 radical (unpaired) electrons. The van der Waals surface area contributed by atoms with Crippen LogP contribution in [0.3, 0.4) is 0 Å². The van der Waals surface area contributed by atoms with Gasteiger partial charge in [-0.05, 0) is 41.1 Å². The highest BCUT2D eigenvalue weighted by Gasteiger charge is 2.23. The number of nitrogens with zero attached hydrogens (tertiary/aromatic N) is 1. The van der Waals surface area contributed by atoms with Gasteiger partial charge in [0.25, 0.3) is 0 Å². The first-order valence-electron chi connectivity index (χ1n) is 6.03. The van der Waals surface area contributed by atoms with Crippen molar-refractivity contribution in [3.8, 4) is 0 Å². The number of benzene rings is 1. The molecule has 0 unspecified atom stereocenters. The Labute approximate surface area is 123 Å². The van der Waals surface area contributed by atoms with Crippen LogP contribution in [-0.2, 0) is 18.3 Å². The number of fused-ring (bicyclic) bond motifs is 1. The van der Waals surface area contributed by atoms with Crippen molar-refractivity contribution in [2.45, 2.75) is 18.3 Å². The second-order valence-electron chi connectivity index (χ2n) is 4.58. The van der Waals surface area contributed by atoms with Crippen LogP contribution in [0.15, 0.2) is 23.6 Å². The lowest BCUT2D eigenvalue weighted by atomic mass is 10.1. The van der Waals surface area contributed by atoms with E-state index in [1.54, 1.807) is 16.2 Å². The van der Waals surface area contributed by atoms with Gasteiger partial charge in [-0.25, -0.2) is 8.78 Å². The van der Waals surface area contributed by atoms with Gasteiger partial charge in [-0.15, -0.1) is 11.3 Å². The van der Waals surface area contributed by atoms with Gasteiger partial charge in [0.15, 0.2) is 0 Å². The lowest BCUT2D eigenvalue weighted by Crippen LogP contribution is -2.31. The first-order chi connectivity index (χ1) is 9.19. The van der Waals surface area contributed by atoms with Gasteiger partial charge in [-0.2, -0.15) is 0 Å². The van der Waals surface area contributed by atoms with Gasteiger partial charge >= 0.3 is 0 Å². The Kier molecular flexibility index (Phi) is 3.58. The third-order valence-electron chi connectivity index (χ3n) is 3.35. The number of thiophene rings is 1. The summed E-state index contributed by atoms with van der Waals surface area (Å²) in [6.07, 6.45) is 0.853. The van der Waals surface area contributed by atoms with E-state index in [2.05, 4.69) is 15.9 Å². The molecule has 2 aromatic rings. The molecular weight excluding hydrogens is 332 g/mol. The molecule has 1 aliphatic rings. The molecule has 0 saturated heterocycles. The minimum Gasteiger partial charge on any atom is -0.362 e. The molecule has 100 valence electrons. The molecule has 1 aromatic heterocycles. The van der Waals surface area contributed by atoms with E-state index >= 15 is 0 Å². The summed E-state index contributed by atoms with van der Waals surface area (Å²) < 4.78 is 28.2. The molecule has 0 bridgehead atoms. The summed E-state index contributed by atoms with van der Waals surface area (Å²) in [5, 5.41) is 2.49.